The van der Waals surface area contributed by atoms with E-state index in [2.05, 4.69) is 0 Å². The van der Waals surface area contributed by atoms with Crippen LogP contribution in [0.4, 0.5) is 0 Å². The first-order valence-electron chi connectivity index (χ1n) is 6.33. The van der Waals surface area contributed by atoms with Gasteiger partial charge in [-0.25, -0.2) is 0 Å². The van der Waals surface area contributed by atoms with Gasteiger partial charge in [0, 0.05) is 12.0 Å². The maximum atomic E-state index is 6.07. The van der Waals surface area contributed by atoms with Crippen LogP contribution in [0.2, 0.25) is 5.02 Å². The number of benzene rings is 1. The highest BCUT2D eigenvalue weighted by Crippen LogP contribution is 2.36. The van der Waals surface area contributed by atoms with E-state index in [4.69, 9.17) is 22.1 Å². The van der Waals surface area contributed by atoms with Crippen LogP contribution in [0.25, 0.3) is 0 Å². The molecule has 0 amide bonds. The third-order valence-electron chi connectivity index (χ3n) is 3.72. The van der Waals surface area contributed by atoms with Crippen molar-refractivity contribution in [3.05, 3.63) is 29.3 Å². The van der Waals surface area contributed by atoms with Crippen molar-refractivity contribution in [3.8, 4) is 5.75 Å². The van der Waals surface area contributed by atoms with Gasteiger partial charge in [-0.2, -0.15) is 0 Å². The monoisotopic (exact) mass is 253 g/mol. The lowest BCUT2D eigenvalue weighted by molar-refractivity contribution is 0.105. The van der Waals surface area contributed by atoms with Gasteiger partial charge in [-0.1, -0.05) is 43.0 Å². The summed E-state index contributed by atoms with van der Waals surface area (Å²) in [5.41, 5.74) is 6.09. The normalized spacial score (nSPS) is 18.9. The molecular weight excluding hydrogens is 234 g/mol. The zero-order valence-electron chi connectivity index (χ0n) is 10.1. The average Bonchev–Trinajstić information content (AvgIpc) is 2.39. The summed E-state index contributed by atoms with van der Waals surface area (Å²) >= 11 is 6.07. The van der Waals surface area contributed by atoms with Crippen molar-refractivity contribution < 1.29 is 4.74 Å². The topological polar surface area (TPSA) is 35.2 Å². The van der Waals surface area contributed by atoms with Crippen LogP contribution in [-0.4, -0.2) is 13.2 Å². The molecular formula is C14H20ClNO. The van der Waals surface area contributed by atoms with Crippen molar-refractivity contribution in [1.29, 1.82) is 0 Å². The van der Waals surface area contributed by atoms with Crippen LogP contribution in [0, 0.1) is 5.41 Å². The molecule has 1 fully saturated rings. The summed E-state index contributed by atoms with van der Waals surface area (Å²) in [6, 6.07) is 7.62. The van der Waals surface area contributed by atoms with Gasteiger partial charge in [-0.15, -0.1) is 0 Å². The largest absolute Gasteiger partial charge is 0.491 e. The molecule has 2 nitrogen and oxygen atoms in total. The Hall–Kier alpha value is -0.730. The molecule has 3 heteroatoms. The number of nitrogens with two attached hydrogens (primary N) is 1. The Labute approximate surface area is 108 Å². The Morgan fingerprint density at radius 3 is 2.53 bits per heavy atom. The second-order valence-electron chi connectivity index (χ2n) is 4.98. The quantitative estimate of drug-likeness (QED) is 0.889. The predicted octanol–water partition coefficient (Wildman–Crippen LogP) is 3.63. The molecule has 0 saturated heterocycles. The summed E-state index contributed by atoms with van der Waals surface area (Å²) in [5.74, 6) is 0.771. The lowest BCUT2D eigenvalue weighted by atomic mass is 9.75. The van der Waals surface area contributed by atoms with Gasteiger partial charge >= 0.3 is 0 Å². The Kier molecular flexibility index (Phi) is 4.30. The lowest BCUT2D eigenvalue weighted by Gasteiger charge is -2.35. The molecule has 2 rings (SSSR count). The van der Waals surface area contributed by atoms with Gasteiger partial charge in [0.25, 0.3) is 0 Å². The molecule has 0 heterocycles. The third kappa shape index (κ3) is 3.14. The SMILES string of the molecule is NCC1(COc2ccccc2Cl)CCCCC1. The molecule has 17 heavy (non-hydrogen) atoms. The highest BCUT2D eigenvalue weighted by Gasteiger charge is 2.31. The minimum Gasteiger partial charge on any atom is -0.491 e. The van der Waals surface area contributed by atoms with Crippen molar-refractivity contribution in [1.82, 2.24) is 0 Å². The van der Waals surface area contributed by atoms with Gasteiger partial charge in [-0.05, 0) is 25.0 Å². The summed E-state index contributed by atoms with van der Waals surface area (Å²) in [4.78, 5) is 0. The molecule has 0 unspecified atom stereocenters. The van der Waals surface area contributed by atoms with Crippen LogP contribution in [0.5, 0.6) is 5.75 Å². The number of rotatable bonds is 4. The van der Waals surface area contributed by atoms with Gasteiger partial charge in [0.2, 0.25) is 0 Å². The maximum absolute atomic E-state index is 6.07. The van der Waals surface area contributed by atoms with E-state index in [-0.39, 0.29) is 5.41 Å². The Morgan fingerprint density at radius 2 is 1.88 bits per heavy atom. The number of ether oxygens (including phenoxy) is 1. The van der Waals surface area contributed by atoms with E-state index >= 15 is 0 Å². The highest BCUT2D eigenvalue weighted by molar-refractivity contribution is 6.32. The van der Waals surface area contributed by atoms with Gasteiger partial charge in [0.15, 0.2) is 0 Å². The van der Waals surface area contributed by atoms with E-state index in [0.717, 1.165) is 5.75 Å². The molecule has 1 aliphatic rings. The van der Waals surface area contributed by atoms with E-state index in [1.165, 1.54) is 32.1 Å². The van der Waals surface area contributed by atoms with Crippen molar-refractivity contribution in [2.24, 2.45) is 11.1 Å². The number of hydrogen-bond donors (Lipinski definition) is 1. The van der Waals surface area contributed by atoms with Crippen LogP contribution in [0.15, 0.2) is 24.3 Å². The van der Waals surface area contributed by atoms with Crippen molar-refractivity contribution in [2.75, 3.05) is 13.2 Å². The van der Waals surface area contributed by atoms with Crippen LogP contribution in [0.1, 0.15) is 32.1 Å². The Balaban J connectivity index is 1.98. The summed E-state index contributed by atoms with van der Waals surface area (Å²) in [6.07, 6.45) is 6.21. The first-order valence-corrected chi connectivity index (χ1v) is 6.71. The van der Waals surface area contributed by atoms with Gasteiger partial charge < -0.3 is 10.5 Å². The molecule has 2 N–H and O–H groups in total. The van der Waals surface area contributed by atoms with Crippen LogP contribution in [-0.2, 0) is 0 Å². The molecule has 0 radical (unpaired) electrons. The van der Waals surface area contributed by atoms with Crippen LogP contribution >= 0.6 is 11.6 Å². The fraction of sp³-hybridized carbons (Fsp3) is 0.571. The standard InChI is InChI=1S/C14H20ClNO/c15-12-6-2-3-7-13(12)17-11-14(10-16)8-4-1-5-9-14/h2-3,6-7H,1,4-5,8-11,16H2. The van der Waals surface area contributed by atoms with Gasteiger partial charge in [0.1, 0.15) is 5.75 Å². The highest BCUT2D eigenvalue weighted by atomic mass is 35.5. The van der Waals surface area contributed by atoms with Crippen LogP contribution in [0.3, 0.4) is 0 Å². The second-order valence-corrected chi connectivity index (χ2v) is 5.39. The number of hydrogen-bond acceptors (Lipinski definition) is 2. The maximum Gasteiger partial charge on any atom is 0.137 e. The zero-order valence-corrected chi connectivity index (χ0v) is 10.9. The Bertz CT molecular complexity index is 361. The van der Waals surface area contributed by atoms with E-state index in [1.54, 1.807) is 0 Å². The summed E-state index contributed by atoms with van der Waals surface area (Å²) in [6.45, 7) is 1.39. The van der Waals surface area contributed by atoms with E-state index in [9.17, 15) is 0 Å². The molecule has 1 aromatic rings. The first kappa shape index (κ1) is 12.7. The molecule has 1 aliphatic carbocycles. The van der Waals surface area contributed by atoms with Crippen molar-refractivity contribution in [3.63, 3.8) is 0 Å². The fourth-order valence-corrected chi connectivity index (χ4v) is 2.69. The van der Waals surface area contributed by atoms with Crippen LogP contribution < -0.4 is 10.5 Å². The summed E-state index contributed by atoms with van der Waals surface area (Å²) in [7, 11) is 0. The number of para-hydroxylation sites is 1. The number of halogens is 1. The minimum absolute atomic E-state index is 0.164. The molecule has 0 atom stereocenters. The molecule has 0 spiro atoms. The third-order valence-corrected chi connectivity index (χ3v) is 4.03. The molecule has 1 saturated carbocycles. The summed E-state index contributed by atoms with van der Waals surface area (Å²) in [5, 5.41) is 0.676. The smallest absolute Gasteiger partial charge is 0.137 e. The lowest BCUT2D eigenvalue weighted by Crippen LogP contribution is -2.38. The predicted molar refractivity (Wildman–Crippen MR) is 71.5 cm³/mol. The molecule has 1 aromatic carbocycles. The Morgan fingerprint density at radius 1 is 1.18 bits per heavy atom. The molecule has 0 aliphatic heterocycles. The first-order chi connectivity index (χ1) is 8.26. The van der Waals surface area contributed by atoms with Crippen molar-refractivity contribution in [2.45, 2.75) is 32.1 Å². The molecule has 0 aromatic heterocycles. The second kappa shape index (κ2) is 5.74. The van der Waals surface area contributed by atoms with Gasteiger partial charge in [-0.3, -0.25) is 0 Å². The summed E-state index contributed by atoms with van der Waals surface area (Å²) < 4.78 is 5.86. The molecule has 94 valence electrons. The molecule has 0 bridgehead atoms. The van der Waals surface area contributed by atoms with E-state index < -0.39 is 0 Å². The van der Waals surface area contributed by atoms with Crippen molar-refractivity contribution >= 4 is 11.6 Å². The van der Waals surface area contributed by atoms with E-state index in [1.807, 2.05) is 24.3 Å². The average molecular weight is 254 g/mol. The van der Waals surface area contributed by atoms with Gasteiger partial charge in [0.05, 0.1) is 11.6 Å². The zero-order chi connectivity index (χ0) is 12.1. The van der Waals surface area contributed by atoms with E-state index in [0.29, 0.717) is 18.2 Å². The minimum atomic E-state index is 0.164. The fourth-order valence-electron chi connectivity index (χ4n) is 2.50.